The van der Waals surface area contributed by atoms with E-state index in [2.05, 4.69) is 155 Å². The molecule has 48 heavy (non-hydrogen) atoms. The van der Waals surface area contributed by atoms with Crippen LogP contribution in [0.15, 0.2) is 173 Å². The number of hydrogen-bond acceptors (Lipinski definition) is 3. The molecule has 1 N–H and O–H groups in total. The van der Waals surface area contributed by atoms with Crippen molar-refractivity contribution in [2.45, 2.75) is 6.04 Å². The Balaban J connectivity index is 1.18. The van der Waals surface area contributed by atoms with Gasteiger partial charge in [0.1, 0.15) is 22.8 Å². The fourth-order valence-electron chi connectivity index (χ4n) is 7.28. The van der Waals surface area contributed by atoms with Crippen LogP contribution in [0.25, 0.3) is 71.5 Å². The summed E-state index contributed by atoms with van der Waals surface area (Å²) in [4.78, 5) is 5.29. The fourth-order valence-corrected chi connectivity index (χ4v) is 7.28. The third-order valence-electron chi connectivity index (χ3n) is 9.61. The number of nitrogens with zero attached hydrogens (tertiary/aromatic N) is 2. The second kappa shape index (κ2) is 10.6. The number of nitrogens with one attached hydrogen (secondary N) is 1. The maximum absolute atomic E-state index is 6.11. The quantitative estimate of drug-likeness (QED) is 0.214. The predicted octanol–water partition coefficient (Wildman–Crippen LogP) is 11.1. The summed E-state index contributed by atoms with van der Waals surface area (Å²) >= 11 is 0. The third-order valence-corrected chi connectivity index (χ3v) is 9.61. The second-order valence-corrected chi connectivity index (χ2v) is 12.5. The second-order valence-electron chi connectivity index (χ2n) is 12.5. The van der Waals surface area contributed by atoms with E-state index >= 15 is 0 Å². The monoisotopic (exact) mass is 615 g/mol. The SMILES string of the molecule is C1=C(n2c3ccccc3c3cc4ccc(-c5ccc6oc7ccccc7c6c5)cc4cc32)N=C(c2ccccc2)NC1c1ccccc1. The molecular weight excluding hydrogens is 587 g/mol. The van der Waals surface area contributed by atoms with Gasteiger partial charge in [-0.1, -0.05) is 115 Å². The smallest absolute Gasteiger partial charge is 0.138 e. The molecule has 9 aromatic rings. The van der Waals surface area contributed by atoms with Gasteiger partial charge < -0.3 is 9.73 Å². The van der Waals surface area contributed by atoms with E-state index in [1.165, 1.54) is 38.2 Å². The number of rotatable bonds is 4. The normalized spacial score (nSPS) is 14.9. The highest BCUT2D eigenvalue weighted by Gasteiger charge is 2.22. The molecule has 0 radical (unpaired) electrons. The van der Waals surface area contributed by atoms with Gasteiger partial charge in [-0.25, -0.2) is 4.99 Å². The number of aliphatic imine (C=N–C) groups is 1. The van der Waals surface area contributed by atoms with Gasteiger partial charge in [-0.05, 0) is 76.0 Å². The van der Waals surface area contributed by atoms with Gasteiger partial charge in [0, 0.05) is 27.1 Å². The van der Waals surface area contributed by atoms with Crippen molar-refractivity contribution in [3.63, 3.8) is 0 Å². The minimum atomic E-state index is -0.0360. The Hall–Kier alpha value is -6.39. The van der Waals surface area contributed by atoms with Gasteiger partial charge in [0.05, 0.1) is 17.1 Å². The van der Waals surface area contributed by atoms with Gasteiger partial charge in [-0.15, -0.1) is 0 Å². The highest BCUT2D eigenvalue weighted by atomic mass is 16.3. The van der Waals surface area contributed by atoms with Crippen LogP contribution in [-0.4, -0.2) is 10.4 Å². The molecule has 1 unspecified atom stereocenters. The molecule has 7 aromatic carbocycles. The molecule has 10 rings (SSSR count). The maximum Gasteiger partial charge on any atom is 0.138 e. The van der Waals surface area contributed by atoms with Crippen LogP contribution in [0.1, 0.15) is 17.2 Å². The van der Waals surface area contributed by atoms with E-state index in [9.17, 15) is 0 Å². The van der Waals surface area contributed by atoms with E-state index in [-0.39, 0.29) is 6.04 Å². The molecule has 4 heteroatoms. The van der Waals surface area contributed by atoms with Crippen LogP contribution in [0.4, 0.5) is 0 Å². The lowest BCUT2D eigenvalue weighted by atomic mass is 9.98. The van der Waals surface area contributed by atoms with E-state index < -0.39 is 0 Å². The molecule has 3 heterocycles. The molecule has 0 amide bonds. The summed E-state index contributed by atoms with van der Waals surface area (Å²) in [5.41, 5.74) is 8.68. The van der Waals surface area contributed by atoms with E-state index in [1.54, 1.807) is 0 Å². The number of hydrogen-bond donors (Lipinski definition) is 1. The van der Waals surface area contributed by atoms with Crippen molar-refractivity contribution in [1.82, 2.24) is 9.88 Å². The van der Waals surface area contributed by atoms with Gasteiger partial charge in [0.25, 0.3) is 0 Å². The zero-order valence-corrected chi connectivity index (χ0v) is 26.0. The molecule has 0 fully saturated rings. The largest absolute Gasteiger partial charge is 0.456 e. The van der Waals surface area contributed by atoms with Crippen molar-refractivity contribution in [2.75, 3.05) is 0 Å². The molecular formula is C44H29N3O. The molecule has 2 aromatic heterocycles. The van der Waals surface area contributed by atoms with Crippen LogP contribution >= 0.6 is 0 Å². The molecule has 0 saturated carbocycles. The van der Waals surface area contributed by atoms with Crippen LogP contribution in [0.5, 0.6) is 0 Å². The van der Waals surface area contributed by atoms with E-state index in [0.717, 1.165) is 50.2 Å². The standard InChI is InChI=1S/C44H29N3O/c1-3-11-28(12-4-1)38-27-43(46-44(45-38)29-13-5-2-6-14-29)47-39-17-9-7-15-34(39)36-24-32-20-19-30(23-33(32)26-40(36)47)31-21-22-42-37(25-31)35-16-8-10-18-41(35)48-42/h1-27,38H,(H,45,46). The summed E-state index contributed by atoms with van der Waals surface area (Å²) in [7, 11) is 0. The van der Waals surface area contributed by atoms with E-state index in [0.29, 0.717) is 0 Å². The van der Waals surface area contributed by atoms with Crippen molar-refractivity contribution in [3.8, 4) is 11.1 Å². The summed E-state index contributed by atoms with van der Waals surface area (Å²) in [5, 5.41) is 10.8. The summed E-state index contributed by atoms with van der Waals surface area (Å²) < 4.78 is 8.44. The average molecular weight is 616 g/mol. The Morgan fingerprint density at radius 3 is 2.08 bits per heavy atom. The lowest BCUT2D eigenvalue weighted by molar-refractivity contribution is 0.669. The van der Waals surface area contributed by atoms with Gasteiger partial charge in [0.15, 0.2) is 0 Å². The number of aromatic nitrogens is 1. The van der Waals surface area contributed by atoms with E-state index in [4.69, 9.17) is 9.41 Å². The zero-order chi connectivity index (χ0) is 31.6. The molecule has 0 aliphatic carbocycles. The first-order valence-electron chi connectivity index (χ1n) is 16.3. The Kier molecular flexibility index (Phi) is 5.90. The highest BCUT2D eigenvalue weighted by molar-refractivity contribution is 6.15. The summed E-state index contributed by atoms with van der Waals surface area (Å²) in [6, 6.07) is 55.8. The topological polar surface area (TPSA) is 42.5 Å². The minimum Gasteiger partial charge on any atom is -0.456 e. The van der Waals surface area contributed by atoms with Gasteiger partial charge in [-0.3, -0.25) is 4.57 Å². The highest BCUT2D eigenvalue weighted by Crippen LogP contribution is 2.38. The Morgan fingerprint density at radius 1 is 0.500 bits per heavy atom. The van der Waals surface area contributed by atoms with Crippen molar-refractivity contribution < 1.29 is 4.42 Å². The lowest BCUT2D eigenvalue weighted by Crippen LogP contribution is -2.31. The lowest BCUT2D eigenvalue weighted by Gasteiger charge is -2.25. The van der Waals surface area contributed by atoms with Gasteiger partial charge in [-0.2, -0.15) is 0 Å². The molecule has 1 aliphatic rings. The number of amidine groups is 1. The van der Waals surface area contributed by atoms with Crippen molar-refractivity contribution in [1.29, 1.82) is 0 Å². The Labute approximate surface area is 276 Å². The Morgan fingerprint density at radius 2 is 1.21 bits per heavy atom. The van der Waals surface area contributed by atoms with Gasteiger partial charge in [0.2, 0.25) is 0 Å². The number of fused-ring (bicyclic) bond motifs is 7. The molecule has 4 nitrogen and oxygen atoms in total. The van der Waals surface area contributed by atoms with Crippen LogP contribution in [0, 0.1) is 0 Å². The first-order valence-corrected chi connectivity index (χ1v) is 16.3. The van der Waals surface area contributed by atoms with Crippen LogP contribution in [-0.2, 0) is 0 Å². The first-order chi connectivity index (χ1) is 23.8. The zero-order valence-electron chi connectivity index (χ0n) is 26.0. The number of para-hydroxylation sites is 2. The van der Waals surface area contributed by atoms with Crippen LogP contribution < -0.4 is 5.32 Å². The maximum atomic E-state index is 6.11. The first kappa shape index (κ1) is 26.8. The molecule has 0 bridgehead atoms. The minimum absolute atomic E-state index is 0.0360. The number of benzene rings is 7. The average Bonchev–Trinajstić information content (AvgIpc) is 3.69. The van der Waals surface area contributed by atoms with Crippen LogP contribution in [0.3, 0.4) is 0 Å². The third kappa shape index (κ3) is 4.27. The summed E-state index contributed by atoms with van der Waals surface area (Å²) in [6.07, 6.45) is 2.25. The van der Waals surface area contributed by atoms with Crippen molar-refractivity contribution in [3.05, 3.63) is 175 Å². The molecule has 0 saturated heterocycles. The summed E-state index contributed by atoms with van der Waals surface area (Å²) in [6.45, 7) is 0. The molecule has 1 aliphatic heterocycles. The molecule has 0 spiro atoms. The molecule has 1 atom stereocenters. The van der Waals surface area contributed by atoms with Crippen molar-refractivity contribution >= 4 is 66.2 Å². The summed E-state index contributed by atoms with van der Waals surface area (Å²) in [5.74, 6) is 1.76. The van der Waals surface area contributed by atoms with Gasteiger partial charge >= 0.3 is 0 Å². The van der Waals surface area contributed by atoms with Crippen LogP contribution in [0.2, 0.25) is 0 Å². The fraction of sp³-hybridized carbons (Fsp3) is 0.0227. The Bertz CT molecular complexity index is 2750. The molecule has 226 valence electrons. The van der Waals surface area contributed by atoms with Crippen molar-refractivity contribution in [2.24, 2.45) is 4.99 Å². The van der Waals surface area contributed by atoms with E-state index in [1.807, 2.05) is 18.2 Å². The predicted molar refractivity (Wildman–Crippen MR) is 199 cm³/mol. The number of furan rings is 1.